The van der Waals surface area contributed by atoms with Gasteiger partial charge in [-0.05, 0) is 93.9 Å². The summed E-state index contributed by atoms with van der Waals surface area (Å²) in [6, 6.07) is 47.3. The van der Waals surface area contributed by atoms with Gasteiger partial charge in [-0.3, -0.25) is 0 Å². The summed E-state index contributed by atoms with van der Waals surface area (Å²) >= 11 is 0. The Labute approximate surface area is 235 Å². The molecule has 7 aromatic carbocycles. The van der Waals surface area contributed by atoms with Gasteiger partial charge in [0, 0.05) is 0 Å². The molecule has 0 fully saturated rings. The lowest BCUT2D eigenvalue weighted by molar-refractivity contribution is 0.591. The minimum Gasteiger partial charge on any atom is -0.0622 e. The molecule has 1 aliphatic carbocycles. The molecular formula is C40H30. The lowest BCUT2D eigenvalue weighted by Crippen LogP contribution is -2.10. The first kappa shape index (κ1) is 23.2. The molecule has 0 nitrogen and oxygen atoms in total. The molecule has 190 valence electrons. The Morgan fingerprint density at radius 2 is 0.950 bits per heavy atom. The van der Waals surface area contributed by atoms with Gasteiger partial charge in [-0.1, -0.05) is 142 Å². The van der Waals surface area contributed by atoms with Crippen LogP contribution in [0.5, 0.6) is 0 Å². The Morgan fingerprint density at radius 3 is 1.55 bits per heavy atom. The Morgan fingerprint density at radius 1 is 0.400 bits per heavy atom. The lowest BCUT2D eigenvalue weighted by atomic mass is 9.82. The smallest absolute Gasteiger partial charge is 0.000719 e. The van der Waals surface area contributed by atoms with Crippen molar-refractivity contribution < 1.29 is 0 Å². The molecule has 0 N–H and O–H groups in total. The molecule has 7 aromatic rings. The molecule has 0 amide bonds. The highest BCUT2D eigenvalue weighted by molar-refractivity contribution is 6.30. The Hall–Kier alpha value is -4.68. The quantitative estimate of drug-likeness (QED) is 0.203. The minimum atomic E-state index is 0.0959. The van der Waals surface area contributed by atoms with Crippen molar-refractivity contribution in [3.05, 3.63) is 133 Å². The van der Waals surface area contributed by atoms with E-state index >= 15 is 0 Å². The van der Waals surface area contributed by atoms with Crippen molar-refractivity contribution in [3.8, 4) is 44.5 Å². The van der Waals surface area contributed by atoms with Gasteiger partial charge in [0.1, 0.15) is 0 Å². The highest BCUT2D eigenvalue weighted by Crippen LogP contribution is 2.58. The van der Waals surface area contributed by atoms with E-state index in [4.69, 9.17) is 0 Å². The maximum Gasteiger partial charge on any atom is -0.000719 e. The van der Waals surface area contributed by atoms with Crippen LogP contribution in [0.25, 0.3) is 76.8 Å². The average molecular weight is 511 g/mol. The normalized spacial score (nSPS) is 12.4. The van der Waals surface area contributed by atoms with E-state index < -0.39 is 0 Å². The third-order valence-corrected chi connectivity index (χ3v) is 8.72. The van der Waals surface area contributed by atoms with E-state index in [0.717, 1.165) is 0 Å². The largest absolute Gasteiger partial charge is 0.0622 e. The van der Waals surface area contributed by atoms with Gasteiger partial charge >= 0.3 is 0 Å². The van der Waals surface area contributed by atoms with E-state index in [9.17, 15) is 0 Å². The summed E-state index contributed by atoms with van der Waals surface area (Å²) in [7, 11) is 0. The monoisotopic (exact) mass is 510 g/mol. The van der Waals surface area contributed by atoms with Crippen LogP contribution in [-0.2, 0) is 5.41 Å². The predicted octanol–water partition coefficient (Wildman–Crippen LogP) is 11.4. The van der Waals surface area contributed by atoms with Crippen LogP contribution in [0.1, 0.15) is 26.3 Å². The molecule has 0 saturated heterocycles. The van der Waals surface area contributed by atoms with E-state index in [2.05, 4.69) is 148 Å². The lowest BCUT2D eigenvalue weighted by Gasteiger charge is -2.21. The molecule has 0 bridgehead atoms. The number of hydrogen-bond donors (Lipinski definition) is 0. The number of fused-ring (bicyclic) bond motifs is 6. The maximum atomic E-state index is 2.45. The van der Waals surface area contributed by atoms with Gasteiger partial charge in [-0.25, -0.2) is 0 Å². The van der Waals surface area contributed by atoms with Crippen LogP contribution < -0.4 is 0 Å². The second-order valence-electron chi connectivity index (χ2n) is 12.1. The van der Waals surface area contributed by atoms with Crippen molar-refractivity contribution in [2.24, 2.45) is 0 Å². The number of rotatable bonds is 2. The second-order valence-corrected chi connectivity index (χ2v) is 12.1. The molecule has 0 heteroatoms. The van der Waals surface area contributed by atoms with Crippen molar-refractivity contribution in [1.82, 2.24) is 0 Å². The fourth-order valence-corrected chi connectivity index (χ4v) is 6.87. The first-order valence-electron chi connectivity index (χ1n) is 14.2. The van der Waals surface area contributed by atoms with Gasteiger partial charge in [0.15, 0.2) is 0 Å². The van der Waals surface area contributed by atoms with Crippen LogP contribution in [0.4, 0.5) is 0 Å². The van der Waals surface area contributed by atoms with Crippen LogP contribution in [0, 0.1) is 0 Å². The topological polar surface area (TPSA) is 0 Å². The third kappa shape index (κ3) is 3.26. The van der Waals surface area contributed by atoms with Crippen molar-refractivity contribution in [2.75, 3.05) is 0 Å². The molecule has 8 rings (SSSR count). The predicted molar refractivity (Wildman–Crippen MR) is 173 cm³/mol. The van der Waals surface area contributed by atoms with Crippen LogP contribution in [0.2, 0.25) is 0 Å². The Bertz CT molecular complexity index is 2110. The summed E-state index contributed by atoms with van der Waals surface area (Å²) in [6.45, 7) is 6.90. The minimum absolute atomic E-state index is 0.0959. The molecular weight excluding hydrogens is 480 g/mol. The first-order chi connectivity index (χ1) is 19.5. The second kappa shape index (κ2) is 8.41. The van der Waals surface area contributed by atoms with Gasteiger partial charge < -0.3 is 0 Å². The van der Waals surface area contributed by atoms with Gasteiger partial charge in [-0.2, -0.15) is 0 Å². The molecule has 0 aromatic heterocycles. The number of hydrogen-bond acceptors (Lipinski definition) is 0. The standard InChI is InChI=1S/C40H30/c1-40(2,3)28-22-21-27-23-34-37-31(33(27)24-28)19-12-20-32(37)38-35(25-13-6-4-7-14-25)29-17-10-11-18-30(29)36(39(34)38)26-15-8-5-9-16-26/h4-24H,1-3H3. The average Bonchev–Trinajstić information content (AvgIpc) is 3.30. The van der Waals surface area contributed by atoms with E-state index in [0.29, 0.717) is 0 Å². The van der Waals surface area contributed by atoms with Gasteiger partial charge in [0.25, 0.3) is 0 Å². The molecule has 0 heterocycles. The van der Waals surface area contributed by atoms with Gasteiger partial charge in [0.05, 0.1) is 0 Å². The molecule has 40 heavy (non-hydrogen) atoms. The summed E-state index contributed by atoms with van der Waals surface area (Å²) in [5.74, 6) is 0. The van der Waals surface area contributed by atoms with Gasteiger partial charge in [0.2, 0.25) is 0 Å². The molecule has 1 aliphatic rings. The summed E-state index contributed by atoms with van der Waals surface area (Å²) in [4.78, 5) is 0. The van der Waals surface area contributed by atoms with E-state index in [1.54, 1.807) is 0 Å². The zero-order valence-electron chi connectivity index (χ0n) is 23.1. The van der Waals surface area contributed by atoms with E-state index in [1.165, 1.54) is 82.4 Å². The van der Waals surface area contributed by atoms with Crippen LogP contribution in [0.15, 0.2) is 127 Å². The molecule has 0 unspecified atom stereocenters. The van der Waals surface area contributed by atoms with E-state index in [1.807, 2.05) is 0 Å². The SMILES string of the molecule is CC(C)(C)c1ccc2cc3c4c(cccc4c2c1)-c1c-3c(-c2ccccc2)c2ccccc2c1-c1ccccc1. The summed E-state index contributed by atoms with van der Waals surface area (Å²) < 4.78 is 0. The third-order valence-electron chi connectivity index (χ3n) is 8.72. The Balaban J connectivity index is 1.61. The summed E-state index contributed by atoms with van der Waals surface area (Å²) in [5, 5.41) is 7.96. The molecule has 0 atom stereocenters. The molecule has 0 aliphatic heterocycles. The van der Waals surface area contributed by atoms with Crippen LogP contribution in [0.3, 0.4) is 0 Å². The van der Waals surface area contributed by atoms with Crippen molar-refractivity contribution in [1.29, 1.82) is 0 Å². The molecule has 0 spiro atoms. The zero-order valence-corrected chi connectivity index (χ0v) is 23.1. The summed E-state index contributed by atoms with van der Waals surface area (Å²) in [6.07, 6.45) is 0. The zero-order chi connectivity index (χ0) is 27.0. The van der Waals surface area contributed by atoms with Crippen molar-refractivity contribution >= 4 is 32.3 Å². The highest BCUT2D eigenvalue weighted by Gasteiger charge is 2.31. The van der Waals surface area contributed by atoms with Gasteiger partial charge in [-0.15, -0.1) is 0 Å². The van der Waals surface area contributed by atoms with Crippen molar-refractivity contribution in [3.63, 3.8) is 0 Å². The van der Waals surface area contributed by atoms with Crippen LogP contribution in [-0.4, -0.2) is 0 Å². The molecule has 0 radical (unpaired) electrons. The molecule has 0 saturated carbocycles. The highest BCUT2D eigenvalue weighted by atomic mass is 14.3. The fourth-order valence-electron chi connectivity index (χ4n) is 6.87. The summed E-state index contributed by atoms with van der Waals surface area (Å²) in [5.41, 5.74) is 12.1. The number of benzene rings is 7. The van der Waals surface area contributed by atoms with Crippen molar-refractivity contribution in [2.45, 2.75) is 26.2 Å². The Kier molecular flexibility index (Phi) is 4.88. The maximum absolute atomic E-state index is 2.45. The fraction of sp³-hybridized carbons (Fsp3) is 0.100. The van der Waals surface area contributed by atoms with Crippen LogP contribution >= 0.6 is 0 Å². The first-order valence-corrected chi connectivity index (χ1v) is 14.2. The van der Waals surface area contributed by atoms with E-state index in [-0.39, 0.29) is 5.41 Å².